The largest absolute Gasteiger partial charge is 0.337 e. The molecule has 1 atom stereocenters. The first-order chi connectivity index (χ1) is 9.40. The molecule has 6 heteroatoms. The minimum Gasteiger partial charge on any atom is -0.337 e. The molecule has 1 amide bonds. The number of nitro benzene ring substituents is 1. The molecule has 20 heavy (non-hydrogen) atoms. The van der Waals surface area contributed by atoms with Crippen LogP contribution >= 0.6 is 0 Å². The predicted octanol–water partition coefficient (Wildman–Crippen LogP) is 1.95. The zero-order valence-corrected chi connectivity index (χ0v) is 11.5. The molecule has 0 aromatic heterocycles. The maximum atomic E-state index is 12.4. The van der Waals surface area contributed by atoms with E-state index in [1.807, 2.05) is 0 Å². The molecule has 1 heterocycles. The molecule has 1 fully saturated rings. The van der Waals surface area contributed by atoms with Gasteiger partial charge in [-0.1, -0.05) is 13.0 Å². The molecular formula is C14H16N2O4. The van der Waals surface area contributed by atoms with E-state index in [9.17, 15) is 19.7 Å². The molecule has 1 saturated heterocycles. The van der Waals surface area contributed by atoms with Crippen LogP contribution in [0, 0.1) is 23.0 Å². The number of nitrogens with zero attached hydrogens (tertiary/aromatic N) is 2. The molecule has 106 valence electrons. The van der Waals surface area contributed by atoms with E-state index >= 15 is 0 Å². The Hall–Kier alpha value is -2.24. The van der Waals surface area contributed by atoms with Gasteiger partial charge in [0.05, 0.1) is 4.92 Å². The second-order valence-corrected chi connectivity index (χ2v) is 5.15. The normalized spacial score (nSPS) is 19.0. The van der Waals surface area contributed by atoms with Crippen LogP contribution in [-0.2, 0) is 4.79 Å². The van der Waals surface area contributed by atoms with Crippen LogP contribution in [0.25, 0.3) is 0 Å². The number of amides is 1. The molecule has 1 aliphatic heterocycles. The smallest absolute Gasteiger partial charge is 0.282 e. The van der Waals surface area contributed by atoms with Crippen molar-refractivity contribution in [1.82, 2.24) is 4.90 Å². The van der Waals surface area contributed by atoms with E-state index in [4.69, 9.17) is 0 Å². The van der Waals surface area contributed by atoms with Crippen molar-refractivity contribution >= 4 is 17.4 Å². The van der Waals surface area contributed by atoms with Gasteiger partial charge in [-0.25, -0.2) is 0 Å². The minimum atomic E-state index is -0.550. The first kappa shape index (κ1) is 14.2. The summed E-state index contributed by atoms with van der Waals surface area (Å²) in [5.74, 6) is -0.455. The fraction of sp³-hybridized carbons (Fsp3) is 0.429. The van der Waals surface area contributed by atoms with Gasteiger partial charge in [0.25, 0.3) is 11.6 Å². The van der Waals surface area contributed by atoms with Crippen LogP contribution in [0.1, 0.15) is 29.3 Å². The van der Waals surface area contributed by atoms with Gasteiger partial charge in [0.15, 0.2) is 0 Å². The summed E-state index contributed by atoms with van der Waals surface area (Å²) in [7, 11) is 0. The number of nitro groups is 1. The van der Waals surface area contributed by atoms with Gasteiger partial charge in [-0.3, -0.25) is 19.7 Å². The maximum absolute atomic E-state index is 12.4. The molecule has 0 saturated carbocycles. The van der Waals surface area contributed by atoms with Crippen LogP contribution < -0.4 is 0 Å². The fourth-order valence-electron chi connectivity index (χ4n) is 2.35. The van der Waals surface area contributed by atoms with Gasteiger partial charge in [0, 0.05) is 31.5 Å². The number of likely N-dealkylation sites (tertiary alicyclic amines) is 1. The lowest BCUT2D eigenvalue weighted by Crippen LogP contribution is -2.43. The Kier molecular flexibility index (Phi) is 3.83. The molecule has 1 aromatic rings. The third-order valence-corrected chi connectivity index (χ3v) is 3.54. The number of carbonyl (C=O) groups excluding carboxylic acids is 2. The highest BCUT2D eigenvalue weighted by atomic mass is 16.6. The molecule has 0 radical (unpaired) electrons. The van der Waals surface area contributed by atoms with Crippen molar-refractivity contribution in [3.05, 3.63) is 39.4 Å². The molecule has 0 spiro atoms. The summed E-state index contributed by atoms with van der Waals surface area (Å²) in [6.45, 7) is 4.20. The number of carbonyl (C=O) groups is 2. The Balaban J connectivity index is 2.31. The van der Waals surface area contributed by atoms with E-state index in [0.29, 0.717) is 19.5 Å². The number of ketones is 1. The zero-order valence-electron chi connectivity index (χ0n) is 11.5. The van der Waals surface area contributed by atoms with E-state index in [2.05, 4.69) is 0 Å². The minimum absolute atomic E-state index is 0.0940. The number of benzene rings is 1. The van der Waals surface area contributed by atoms with Crippen LogP contribution in [0.2, 0.25) is 0 Å². The molecule has 1 aromatic carbocycles. The Bertz CT molecular complexity index is 583. The molecule has 6 nitrogen and oxygen atoms in total. The van der Waals surface area contributed by atoms with E-state index in [1.165, 1.54) is 17.0 Å². The molecular weight excluding hydrogens is 260 g/mol. The number of piperidine rings is 1. The highest BCUT2D eigenvalue weighted by Crippen LogP contribution is 2.23. The summed E-state index contributed by atoms with van der Waals surface area (Å²) in [5, 5.41) is 11.0. The molecule has 0 bridgehead atoms. The van der Waals surface area contributed by atoms with Gasteiger partial charge in [-0.2, -0.15) is 0 Å². The molecule has 1 unspecified atom stereocenters. The maximum Gasteiger partial charge on any atom is 0.282 e. The van der Waals surface area contributed by atoms with Crippen LogP contribution in [0.15, 0.2) is 18.2 Å². The Morgan fingerprint density at radius 3 is 2.75 bits per heavy atom. The average Bonchev–Trinajstić information content (AvgIpc) is 2.40. The van der Waals surface area contributed by atoms with Crippen LogP contribution in [0.5, 0.6) is 0 Å². The molecule has 0 N–H and O–H groups in total. The Morgan fingerprint density at radius 2 is 2.15 bits per heavy atom. The SMILES string of the molecule is Cc1ccc([N+](=O)[O-])c(C(=O)N2CCC(=O)C(C)C2)c1. The van der Waals surface area contributed by atoms with Crippen molar-refractivity contribution in [3.63, 3.8) is 0 Å². The summed E-state index contributed by atoms with van der Waals surface area (Å²) in [6, 6.07) is 4.49. The summed E-state index contributed by atoms with van der Waals surface area (Å²) in [5.41, 5.74) is 0.696. The number of Topliss-reactive ketones (excluding diaryl/α,β-unsaturated/α-hetero) is 1. The van der Waals surface area contributed by atoms with Gasteiger partial charge < -0.3 is 4.90 Å². The number of hydrogen-bond donors (Lipinski definition) is 0. The number of rotatable bonds is 2. The Labute approximate surface area is 116 Å². The van der Waals surface area contributed by atoms with E-state index in [-0.39, 0.29) is 28.9 Å². The van der Waals surface area contributed by atoms with Crippen LogP contribution in [-0.4, -0.2) is 34.6 Å². The quantitative estimate of drug-likeness (QED) is 0.610. The van der Waals surface area contributed by atoms with Crippen molar-refractivity contribution < 1.29 is 14.5 Å². The topological polar surface area (TPSA) is 80.5 Å². The van der Waals surface area contributed by atoms with Crippen molar-refractivity contribution in [2.75, 3.05) is 13.1 Å². The van der Waals surface area contributed by atoms with Crippen molar-refractivity contribution in [1.29, 1.82) is 0 Å². The first-order valence-electron chi connectivity index (χ1n) is 6.47. The average molecular weight is 276 g/mol. The third-order valence-electron chi connectivity index (χ3n) is 3.54. The zero-order chi connectivity index (χ0) is 14.9. The predicted molar refractivity (Wildman–Crippen MR) is 72.5 cm³/mol. The number of hydrogen-bond acceptors (Lipinski definition) is 4. The second kappa shape index (κ2) is 5.40. The summed E-state index contributed by atoms with van der Waals surface area (Å²) < 4.78 is 0. The van der Waals surface area contributed by atoms with Crippen molar-refractivity contribution in [2.24, 2.45) is 5.92 Å². The summed E-state index contributed by atoms with van der Waals surface area (Å²) in [6.07, 6.45) is 0.312. The van der Waals surface area contributed by atoms with E-state index in [1.54, 1.807) is 19.9 Å². The number of aryl methyl sites for hydroxylation is 1. The summed E-state index contributed by atoms with van der Waals surface area (Å²) in [4.78, 5) is 35.9. The van der Waals surface area contributed by atoms with Crippen molar-refractivity contribution in [3.8, 4) is 0 Å². The highest BCUT2D eigenvalue weighted by molar-refractivity contribution is 5.99. The molecule has 1 aliphatic rings. The Morgan fingerprint density at radius 1 is 1.45 bits per heavy atom. The standard InChI is InChI=1S/C14H16N2O4/c1-9-3-4-12(16(19)20)11(7-9)14(18)15-6-5-13(17)10(2)8-15/h3-4,7,10H,5-6,8H2,1-2H3. The highest BCUT2D eigenvalue weighted by Gasteiger charge is 2.30. The van der Waals surface area contributed by atoms with E-state index < -0.39 is 4.92 Å². The lowest BCUT2D eigenvalue weighted by atomic mass is 9.97. The van der Waals surface area contributed by atoms with Gasteiger partial charge >= 0.3 is 0 Å². The third kappa shape index (κ3) is 2.68. The molecule has 0 aliphatic carbocycles. The van der Waals surface area contributed by atoms with Crippen LogP contribution in [0.4, 0.5) is 5.69 Å². The van der Waals surface area contributed by atoms with Gasteiger partial charge in [0.1, 0.15) is 11.3 Å². The summed E-state index contributed by atoms with van der Waals surface area (Å²) >= 11 is 0. The van der Waals surface area contributed by atoms with Gasteiger partial charge in [-0.05, 0) is 18.6 Å². The lowest BCUT2D eigenvalue weighted by molar-refractivity contribution is -0.385. The second-order valence-electron chi connectivity index (χ2n) is 5.15. The molecule has 2 rings (SSSR count). The first-order valence-corrected chi connectivity index (χ1v) is 6.47. The van der Waals surface area contributed by atoms with Gasteiger partial charge in [-0.15, -0.1) is 0 Å². The monoisotopic (exact) mass is 276 g/mol. The van der Waals surface area contributed by atoms with Crippen LogP contribution in [0.3, 0.4) is 0 Å². The van der Waals surface area contributed by atoms with Crippen molar-refractivity contribution in [2.45, 2.75) is 20.3 Å². The fourth-order valence-corrected chi connectivity index (χ4v) is 2.35. The van der Waals surface area contributed by atoms with Gasteiger partial charge in [0.2, 0.25) is 0 Å². The van der Waals surface area contributed by atoms with E-state index in [0.717, 1.165) is 5.56 Å². The lowest BCUT2D eigenvalue weighted by Gasteiger charge is -2.30.